The minimum absolute atomic E-state index is 0.315. The van der Waals surface area contributed by atoms with E-state index in [9.17, 15) is 9.59 Å². The molecule has 0 aliphatic carbocycles. The Kier molecular flexibility index (Phi) is 7.67. The van der Waals surface area contributed by atoms with E-state index >= 15 is 0 Å². The molecule has 27 heavy (non-hydrogen) atoms. The van der Waals surface area contributed by atoms with Gasteiger partial charge in [0.2, 0.25) is 0 Å². The van der Waals surface area contributed by atoms with Crippen LogP contribution >= 0.6 is 24.0 Å². The highest BCUT2D eigenvalue weighted by atomic mass is 32.2. The first kappa shape index (κ1) is 21.2. The van der Waals surface area contributed by atoms with Crippen LogP contribution in [-0.4, -0.2) is 48.0 Å². The first-order valence-corrected chi connectivity index (χ1v) is 9.81. The highest BCUT2D eigenvalue weighted by Crippen LogP contribution is 2.35. The molecule has 1 amide bonds. The molecule has 0 N–H and O–H groups in total. The van der Waals surface area contributed by atoms with Gasteiger partial charge in [0.05, 0.1) is 25.7 Å². The van der Waals surface area contributed by atoms with Crippen LogP contribution in [0.4, 0.5) is 0 Å². The molecule has 0 radical (unpaired) electrons. The van der Waals surface area contributed by atoms with Gasteiger partial charge in [0, 0.05) is 0 Å². The third kappa shape index (κ3) is 5.01. The Morgan fingerprint density at radius 1 is 1.33 bits per heavy atom. The molecule has 6 nitrogen and oxygen atoms in total. The summed E-state index contributed by atoms with van der Waals surface area (Å²) in [6.45, 7) is 4.31. The topological polar surface area (TPSA) is 65.1 Å². The number of esters is 1. The van der Waals surface area contributed by atoms with Crippen LogP contribution in [0.15, 0.2) is 23.1 Å². The van der Waals surface area contributed by atoms with Crippen molar-refractivity contribution in [3.8, 4) is 11.5 Å². The van der Waals surface area contributed by atoms with Crippen molar-refractivity contribution in [1.29, 1.82) is 0 Å². The van der Waals surface area contributed by atoms with Crippen LogP contribution in [0.25, 0.3) is 6.08 Å². The van der Waals surface area contributed by atoms with Crippen molar-refractivity contribution in [1.82, 2.24) is 4.90 Å². The smallest absolute Gasteiger partial charge is 0.328 e. The third-order valence-electron chi connectivity index (χ3n) is 3.99. The molecular formula is C19H23NO5S2. The van der Waals surface area contributed by atoms with Gasteiger partial charge in [0.15, 0.2) is 11.5 Å². The van der Waals surface area contributed by atoms with Gasteiger partial charge in [-0.05, 0) is 37.1 Å². The van der Waals surface area contributed by atoms with Gasteiger partial charge in [-0.3, -0.25) is 9.69 Å². The Balaban J connectivity index is 2.22. The van der Waals surface area contributed by atoms with Crippen molar-refractivity contribution in [3.63, 3.8) is 0 Å². The number of benzene rings is 1. The largest absolute Gasteiger partial charge is 0.493 e. The van der Waals surface area contributed by atoms with E-state index in [1.165, 1.54) is 12.0 Å². The SMILES string of the molecule is CCCCOc1ccc(C=C2SC(=S)N(C(C)C(=O)OC)C2=O)cc1OC. The number of amides is 1. The van der Waals surface area contributed by atoms with E-state index in [-0.39, 0.29) is 5.91 Å². The van der Waals surface area contributed by atoms with Crippen LogP contribution in [0.3, 0.4) is 0 Å². The molecule has 1 atom stereocenters. The molecule has 2 rings (SSSR count). The zero-order chi connectivity index (χ0) is 20.0. The average molecular weight is 410 g/mol. The molecule has 1 fully saturated rings. The van der Waals surface area contributed by atoms with Crippen LogP contribution in [0.1, 0.15) is 32.3 Å². The van der Waals surface area contributed by atoms with Gasteiger partial charge in [0.1, 0.15) is 10.4 Å². The normalized spacial score (nSPS) is 16.6. The second-order valence-corrected chi connectivity index (χ2v) is 7.54. The lowest BCUT2D eigenvalue weighted by molar-refractivity contribution is -0.147. The molecule has 0 aromatic heterocycles. The van der Waals surface area contributed by atoms with Gasteiger partial charge >= 0.3 is 5.97 Å². The number of carbonyl (C=O) groups is 2. The molecule has 0 bridgehead atoms. The fourth-order valence-electron chi connectivity index (χ4n) is 2.46. The van der Waals surface area contributed by atoms with E-state index in [0.717, 1.165) is 30.2 Å². The summed E-state index contributed by atoms with van der Waals surface area (Å²) in [5.74, 6) is 0.432. The standard InChI is InChI=1S/C19H23NO5S2/c1-5-6-9-25-14-8-7-13(10-15(14)23-3)11-16-17(21)20(19(26)27-16)12(2)18(22)24-4/h7-8,10-12H,5-6,9H2,1-4H3. The Morgan fingerprint density at radius 2 is 2.07 bits per heavy atom. The first-order valence-electron chi connectivity index (χ1n) is 8.58. The average Bonchev–Trinajstić information content (AvgIpc) is 2.94. The number of rotatable bonds is 8. The quantitative estimate of drug-likeness (QED) is 0.281. The van der Waals surface area contributed by atoms with Gasteiger partial charge in [0.25, 0.3) is 5.91 Å². The second kappa shape index (κ2) is 9.75. The van der Waals surface area contributed by atoms with E-state index in [1.807, 2.05) is 12.1 Å². The Morgan fingerprint density at radius 3 is 2.70 bits per heavy atom. The third-order valence-corrected chi connectivity index (χ3v) is 5.32. The molecule has 1 unspecified atom stereocenters. The van der Waals surface area contributed by atoms with Crippen LogP contribution in [0.5, 0.6) is 11.5 Å². The number of hydrogen-bond acceptors (Lipinski definition) is 7. The summed E-state index contributed by atoms with van der Waals surface area (Å²) >= 11 is 6.41. The van der Waals surface area contributed by atoms with Crippen molar-refractivity contribution in [2.75, 3.05) is 20.8 Å². The number of nitrogens with zero attached hydrogens (tertiary/aromatic N) is 1. The van der Waals surface area contributed by atoms with Crippen LogP contribution < -0.4 is 9.47 Å². The zero-order valence-electron chi connectivity index (χ0n) is 15.8. The zero-order valence-corrected chi connectivity index (χ0v) is 17.4. The maximum absolute atomic E-state index is 12.7. The lowest BCUT2D eigenvalue weighted by atomic mass is 10.1. The lowest BCUT2D eigenvalue weighted by Gasteiger charge is -2.20. The first-order chi connectivity index (χ1) is 12.9. The summed E-state index contributed by atoms with van der Waals surface area (Å²) in [7, 11) is 2.85. The molecule has 1 aliphatic heterocycles. The molecule has 146 valence electrons. The van der Waals surface area contributed by atoms with Crippen molar-refractivity contribution >= 4 is 46.3 Å². The molecule has 1 heterocycles. The maximum Gasteiger partial charge on any atom is 0.328 e. The minimum Gasteiger partial charge on any atom is -0.493 e. The molecule has 0 saturated carbocycles. The van der Waals surface area contributed by atoms with E-state index < -0.39 is 12.0 Å². The minimum atomic E-state index is -0.766. The fourth-order valence-corrected chi connectivity index (χ4v) is 3.88. The van der Waals surface area contributed by atoms with E-state index in [0.29, 0.717) is 27.3 Å². The fraction of sp³-hybridized carbons (Fsp3) is 0.421. The van der Waals surface area contributed by atoms with Crippen molar-refractivity contribution < 1.29 is 23.8 Å². The van der Waals surface area contributed by atoms with Crippen LogP contribution in [0.2, 0.25) is 0 Å². The predicted molar refractivity (Wildman–Crippen MR) is 110 cm³/mol. The Bertz CT molecular complexity index is 762. The monoisotopic (exact) mass is 409 g/mol. The Labute approximate surface area is 168 Å². The predicted octanol–water partition coefficient (Wildman–Crippen LogP) is 3.64. The van der Waals surface area contributed by atoms with Gasteiger partial charge in [-0.15, -0.1) is 0 Å². The molecular weight excluding hydrogens is 386 g/mol. The van der Waals surface area contributed by atoms with Crippen molar-refractivity contribution in [2.45, 2.75) is 32.7 Å². The number of hydrogen-bond donors (Lipinski definition) is 0. The van der Waals surface area contributed by atoms with Gasteiger partial charge in [-0.2, -0.15) is 0 Å². The summed E-state index contributed by atoms with van der Waals surface area (Å²) in [6.07, 6.45) is 3.74. The number of carbonyl (C=O) groups excluding carboxylic acids is 2. The van der Waals surface area contributed by atoms with Crippen molar-refractivity contribution in [2.24, 2.45) is 0 Å². The van der Waals surface area contributed by atoms with Crippen LogP contribution in [0, 0.1) is 0 Å². The van der Waals surface area contributed by atoms with E-state index in [1.54, 1.807) is 26.2 Å². The maximum atomic E-state index is 12.7. The second-order valence-electron chi connectivity index (χ2n) is 5.86. The molecule has 0 spiro atoms. The summed E-state index contributed by atoms with van der Waals surface area (Å²) in [4.78, 5) is 26.1. The number of thiocarbonyl (C=S) groups is 1. The number of thioether (sulfide) groups is 1. The number of unbranched alkanes of at least 4 members (excludes halogenated alkanes) is 1. The summed E-state index contributed by atoms with van der Waals surface area (Å²) in [5, 5.41) is 0. The molecule has 8 heteroatoms. The Hall–Kier alpha value is -2.06. The van der Waals surface area contributed by atoms with Crippen molar-refractivity contribution in [3.05, 3.63) is 28.7 Å². The number of ether oxygens (including phenoxy) is 3. The molecule has 1 aromatic rings. The van der Waals surface area contributed by atoms with Gasteiger partial charge in [-0.1, -0.05) is 43.4 Å². The summed E-state index contributed by atoms with van der Waals surface area (Å²) < 4.78 is 16.1. The highest BCUT2D eigenvalue weighted by Gasteiger charge is 2.38. The molecule has 1 aromatic carbocycles. The van der Waals surface area contributed by atoms with E-state index in [2.05, 4.69) is 6.92 Å². The summed E-state index contributed by atoms with van der Waals surface area (Å²) in [5.41, 5.74) is 0.779. The molecule has 1 saturated heterocycles. The summed E-state index contributed by atoms with van der Waals surface area (Å²) in [6, 6.07) is 4.70. The lowest BCUT2D eigenvalue weighted by Crippen LogP contribution is -2.42. The van der Waals surface area contributed by atoms with Crippen LogP contribution in [-0.2, 0) is 14.3 Å². The molecule has 1 aliphatic rings. The number of methoxy groups -OCH3 is 2. The van der Waals surface area contributed by atoms with E-state index in [4.69, 9.17) is 26.4 Å². The van der Waals surface area contributed by atoms with Gasteiger partial charge < -0.3 is 14.2 Å². The van der Waals surface area contributed by atoms with Gasteiger partial charge in [-0.25, -0.2) is 4.79 Å². The highest BCUT2D eigenvalue weighted by molar-refractivity contribution is 8.26.